The highest BCUT2D eigenvalue weighted by atomic mass is 79.9. The molecular weight excluding hydrogens is 320 g/mol. The van der Waals surface area contributed by atoms with Crippen LogP contribution in [-0.2, 0) is 7.05 Å². The van der Waals surface area contributed by atoms with Crippen molar-refractivity contribution in [3.63, 3.8) is 0 Å². The summed E-state index contributed by atoms with van der Waals surface area (Å²) in [6.07, 6.45) is 7.60. The van der Waals surface area contributed by atoms with E-state index in [1.54, 1.807) is 6.20 Å². The minimum absolute atomic E-state index is 0.0921. The molecule has 2 aromatic rings. The van der Waals surface area contributed by atoms with Crippen molar-refractivity contribution >= 4 is 21.8 Å². The van der Waals surface area contributed by atoms with E-state index in [4.69, 9.17) is 0 Å². The Morgan fingerprint density at radius 1 is 1.55 bits per heavy atom. The second-order valence-electron chi connectivity index (χ2n) is 5.22. The number of hydrogen-bond donors (Lipinski definition) is 1. The van der Waals surface area contributed by atoms with E-state index < -0.39 is 0 Å². The fourth-order valence-electron chi connectivity index (χ4n) is 2.78. The fourth-order valence-corrected chi connectivity index (χ4v) is 3.31. The normalized spacial score (nSPS) is 19.3. The molecule has 1 atom stereocenters. The number of hydrogen-bond acceptors (Lipinski definition) is 2. The molecule has 0 saturated carbocycles. The van der Waals surface area contributed by atoms with Crippen molar-refractivity contribution in [3.05, 3.63) is 40.6 Å². The first-order valence-electron chi connectivity index (χ1n) is 6.75. The lowest BCUT2D eigenvalue weighted by Gasteiger charge is -2.31. The van der Waals surface area contributed by atoms with E-state index in [-0.39, 0.29) is 5.91 Å². The molecule has 0 aromatic carbocycles. The first-order valence-corrected chi connectivity index (χ1v) is 7.55. The lowest BCUT2D eigenvalue weighted by atomic mass is 9.97. The molecule has 106 valence electrons. The van der Waals surface area contributed by atoms with Gasteiger partial charge in [0.15, 0.2) is 0 Å². The Balaban J connectivity index is 1.77. The van der Waals surface area contributed by atoms with E-state index in [9.17, 15) is 4.79 Å². The number of imidazole rings is 1. The topological polar surface area (TPSA) is 53.9 Å². The summed E-state index contributed by atoms with van der Waals surface area (Å²) in [6, 6.07) is 1.87. The molecule has 5 nitrogen and oxygen atoms in total. The Hall–Kier alpha value is -1.56. The third kappa shape index (κ3) is 2.52. The maximum atomic E-state index is 12.6. The predicted molar refractivity (Wildman–Crippen MR) is 79.6 cm³/mol. The Bertz CT molecular complexity index is 605. The maximum absolute atomic E-state index is 12.6. The molecule has 6 heteroatoms. The molecule has 1 unspecified atom stereocenters. The number of piperidine rings is 1. The summed E-state index contributed by atoms with van der Waals surface area (Å²) >= 11 is 3.41. The second-order valence-corrected chi connectivity index (χ2v) is 6.13. The van der Waals surface area contributed by atoms with Gasteiger partial charge in [-0.3, -0.25) is 4.79 Å². The molecule has 1 aliphatic heterocycles. The van der Waals surface area contributed by atoms with E-state index in [2.05, 4.69) is 25.9 Å². The number of nitrogens with one attached hydrogen (secondary N) is 1. The van der Waals surface area contributed by atoms with Crippen LogP contribution in [0.15, 0.2) is 29.1 Å². The average Bonchev–Trinajstić information content (AvgIpc) is 3.08. The van der Waals surface area contributed by atoms with E-state index in [1.165, 1.54) is 0 Å². The minimum Gasteiger partial charge on any atom is -0.348 e. The summed E-state index contributed by atoms with van der Waals surface area (Å²) in [5.74, 6) is 1.39. The van der Waals surface area contributed by atoms with E-state index in [0.29, 0.717) is 5.92 Å². The Kier molecular flexibility index (Phi) is 3.65. The van der Waals surface area contributed by atoms with Crippen LogP contribution < -0.4 is 0 Å². The van der Waals surface area contributed by atoms with Crippen LogP contribution in [0.1, 0.15) is 35.1 Å². The number of rotatable bonds is 2. The Labute approximate surface area is 126 Å². The van der Waals surface area contributed by atoms with Crippen LogP contribution in [0.4, 0.5) is 0 Å². The maximum Gasteiger partial charge on any atom is 0.270 e. The number of aromatic nitrogens is 3. The Morgan fingerprint density at radius 2 is 2.40 bits per heavy atom. The van der Waals surface area contributed by atoms with Crippen molar-refractivity contribution in [2.24, 2.45) is 7.05 Å². The van der Waals surface area contributed by atoms with Crippen LogP contribution in [-0.4, -0.2) is 38.4 Å². The molecule has 1 fully saturated rings. The number of likely N-dealkylation sites (tertiary alicyclic amines) is 1. The lowest BCUT2D eigenvalue weighted by molar-refractivity contribution is 0.0695. The van der Waals surface area contributed by atoms with Crippen LogP contribution in [0.25, 0.3) is 0 Å². The molecule has 3 rings (SSSR count). The molecule has 0 bridgehead atoms. The molecule has 0 aliphatic carbocycles. The predicted octanol–water partition coefficient (Wildman–Crippen LogP) is 2.53. The quantitative estimate of drug-likeness (QED) is 0.916. The highest BCUT2D eigenvalue weighted by Crippen LogP contribution is 2.26. The van der Waals surface area contributed by atoms with Crippen LogP contribution in [0.5, 0.6) is 0 Å². The molecule has 1 saturated heterocycles. The van der Waals surface area contributed by atoms with Gasteiger partial charge in [0.1, 0.15) is 11.5 Å². The van der Waals surface area contributed by atoms with E-state index >= 15 is 0 Å². The lowest BCUT2D eigenvalue weighted by Crippen LogP contribution is -2.40. The molecule has 1 amide bonds. The number of aryl methyl sites for hydroxylation is 1. The SMILES string of the molecule is Cn1cc(Br)cc1C(=O)N1CCCC(c2ncc[nH]2)C1. The van der Waals surface area contributed by atoms with Crippen molar-refractivity contribution in [2.75, 3.05) is 13.1 Å². The first-order chi connectivity index (χ1) is 9.65. The van der Waals surface area contributed by atoms with Crippen molar-refractivity contribution < 1.29 is 4.79 Å². The van der Waals surface area contributed by atoms with Gasteiger partial charge < -0.3 is 14.5 Å². The van der Waals surface area contributed by atoms with Gasteiger partial charge in [0.2, 0.25) is 0 Å². The van der Waals surface area contributed by atoms with Gasteiger partial charge in [-0.05, 0) is 34.8 Å². The largest absolute Gasteiger partial charge is 0.348 e. The monoisotopic (exact) mass is 336 g/mol. The van der Waals surface area contributed by atoms with Crippen LogP contribution in [0, 0.1) is 0 Å². The van der Waals surface area contributed by atoms with Crippen LogP contribution in [0.2, 0.25) is 0 Å². The smallest absolute Gasteiger partial charge is 0.270 e. The molecule has 2 aromatic heterocycles. The number of H-pyrrole nitrogens is 1. The van der Waals surface area contributed by atoms with Gasteiger partial charge in [-0.15, -0.1) is 0 Å². The Morgan fingerprint density at radius 3 is 3.05 bits per heavy atom. The van der Waals surface area contributed by atoms with Crippen molar-refractivity contribution in [1.29, 1.82) is 0 Å². The molecule has 3 heterocycles. The molecule has 0 spiro atoms. The number of nitrogens with zero attached hydrogens (tertiary/aromatic N) is 3. The van der Waals surface area contributed by atoms with Gasteiger partial charge in [-0.25, -0.2) is 4.98 Å². The summed E-state index contributed by atoms with van der Waals surface area (Å²) in [6.45, 7) is 1.55. The number of carbonyl (C=O) groups is 1. The summed E-state index contributed by atoms with van der Waals surface area (Å²) in [4.78, 5) is 22.0. The number of carbonyl (C=O) groups excluding carboxylic acids is 1. The molecule has 1 aliphatic rings. The van der Waals surface area contributed by atoms with Gasteiger partial charge >= 0.3 is 0 Å². The van der Waals surface area contributed by atoms with Gasteiger partial charge in [0, 0.05) is 49.1 Å². The molecular formula is C14H17BrN4O. The van der Waals surface area contributed by atoms with E-state index in [0.717, 1.165) is 41.9 Å². The first kappa shape index (κ1) is 13.4. The summed E-state index contributed by atoms with van der Waals surface area (Å²) in [5, 5.41) is 0. The third-order valence-corrected chi connectivity index (χ3v) is 4.24. The fraction of sp³-hybridized carbons (Fsp3) is 0.429. The standard InChI is InChI=1S/C14H17BrN4O/c1-18-9-11(15)7-12(18)14(20)19-6-2-3-10(8-19)13-16-4-5-17-13/h4-5,7,9-10H,2-3,6,8H2,1H3,(H,16,17). The van der Waals surface area contributed by atoms with E-state index in [1.807, 2.05) is 35.0 Å². The van der Waals surface area contributed by atoms with Gasteiger partial charge in [-0.1, -0.05) is 0 Å². The molecule has 20 heavy (non-hydrogen) atoms. The molecule has 1 N–H and O–H groups in total. The average molecular weight is 337 g/mol. The van der Waals surface area contributed by atoms with Gasteiger partial charge in [0.05, 0.1) is 0 Å². The number of halogens is 1. The summed E-state index contributed by atoms with van der Waals surface area (Å²) in [5.41, 5.74) is 0.719. The summed E-state index contributed by atoms with van der Waals surface area (Å²) in [7, 11) is 1.89. The highest BCUT2D eigenvalue weighted by Gasteiger charge is 2.27. The van der Waals surface area contributed by atoms with Crippen molar-refractivity contribution in [2.45, 2.75) is 18.8 Å². The minimum atomic E-state index is 0.0921. The molecule has 0 radical (unpaired) electrons. The van der Waals surface area contributed by atoms with Crippen LogP contribution in [0.3, 0.4) is 0 Å². The van der Waals surface area contributed by atoms with Crippen LogP contribution >= 0.6 is 15.9 Å². The van der Waals surface area contributed by atoms with Crippen molar-refractivity contribution in [1.82, 2.24) is 19.4 Å². The zero-order chi connectivity index (χ0) is 14.1. The highest BCUT2D eigenvalue weighted by molar-refractivity contribution is 9.10. The van der Waals surface area contributed by atoms with Crippen molar-refractivity contribution in [3.8, 4) is 0 Å². The number of aromatic amines is 1. The van der Waals surface area contributed by atoms with Gasteiger partial charge in [0.25, 0.3) is 5.91 Å². The third-order valence-electron chi connectivity index (χ3n) is 3.81. The number of amides is 1. The summed E-state index contributed by atoms with van der Waals surface area (Å²) < 4.78 is 2.80. The second kappa shape index (κ2) is 5.44. The van der Waals surface area contributed by atoms with Gasteiger partial charge in [-0.2, -0.15) is 0 Å². The zero-order valence-corrected chi connectivity index (χ0v) is 12.9. The zero-order valence-electron chi connectivity index (χ0n) is 11.3.